The Morgan fingerprint density at radius 1 is 1.16 bits per heavy atom. The first kappa shape index (κ1) is 17.1. The van der Waals surface area contributed by atoms with Crippen LogP contribution in [-0.2, 0) is 6.54 Å². The van der Waals surface area contributed by atoms with Crippen molar-refractivity contribution in [1.82, 2.24) is 25.5 Å². The highest BCUT2D eigenvalue weighted by Gasteiger charge is 2.08. The van der Waals surface area contributed by atoms with Crippen molar-refractivity contribution in [3.8, 4) is 5.69 Å². The Kier molecular flexibility index (Phi) is 5.70. The fraction of sp³-hybridized carbons (Fsp3) is 0.188. The number of hydrogen-bond acceptors (Lipinski definition) is 7. The smallest absolute Gasteiger partial charge is 0.269 e. The van der Waals surface area contributed by atoms with E-state index in [0.29, 0.717) is 6.54 Å². The Morgan fingerprint density at radius 2 is 2.00 bits per heavy atom. The maximum Gasteiger partial charge on any atom is 0.269 e. The van der Waals surface area contributed by atoms with Crippen molar-refractivity contribution < 1.29 is 4.92 Å². The molecule has 2 aromatic carbocycles. The molecule has 0 saturated heterocycles. The third-order valence-corrected chi connectivity index (χ3v) is 4.32. The summed E-state index contributed by atoms with van der Waals surface area (Å²) in [5, 5.41) is 26.5. The maximum absolute atomic E-state index is 10.8. The minimum absolute atomic E-state index is 0.107. The molecule has 1 aromatic heterocycles. The number of thioether (sulfide) groups is 1. The highest BCUT2D eigenvalue weighted by atomic mass is 32.2. The summed E-state index contributed by atoms with van der Waals surface area (Å²) in [4.78, 5) is 10.4. The lowest BCUT2D eigenvalue weighted by molar-refractivity contribution is -0.384. The molecule has 0 spiro atoms. The summed E-state index contributed by atoms with van der Waals surface area (Å²) in [6.45, 7) is 1.31. The standard InChI is InChI=1S/C16H16N6O2S/c23-22(24)15-8-4-5-13(11-15)12-17-9-10-25-16-18-19-20-21(16)14-6-2-1-3-7-14/h1-8,11,17H,9-10,12H2. The van der Waals surface area contributed by atoms with E-state index in [-0.39, 0.29) is 10.6 Å². The van der Waals surface area contributed by atoms with Gasteiger partial charge >= 0.3 is 0 Å². The second kappa shape index (κ2) is 8.36. The lowest BCUT2D eigenvalue weighted by Crippen LogP contribution is -2.16. The topological polar surface area (TPSA) is 98.8 Å². The van der Waals surface area contributed by atoms with Crippen molar-refractivity contribution >= 4 is 17.4 Å². The van der Waals surface area contributed by atoms with Crippen molar-refractivity contribution in [3.63, 3.8) is 0 Å². The van der Waals surface area contributed by atoms with Gasteiger partial charge in [0.15, 0.2) is 0 Å². The molecule has 3 aromatic rings. The number of rotatable bonds is 8. The van der Waals surface area contributed by atoms with E-state index in [4.69, 9.17) is 0 Å². The van der Waals surface area contributed by atoms with Crippen LogP contribution in [0.25, 0.3) is 5.69 Å². The first-order valence-corrected chi connectivity index (χ1v) is 8.63. The van der Waals surface area contributed by atoms with E-state index in [2.05, 4.69) is 20.8 Å². The summed E-state index contributed by atoms with van der Waals surface area (Å²) in [6.07, 6.45) is 0. The van der Waals surface area contributed by atoms with Gasteiger partial charge in [0.05, 0.1) is 10.6 Å². The molecule has 25 heavy (non-hydrogen) atoms. The van der Waals surface area contributed by atoms with Crippen LogP contribution in [0.15, 0.2) is 59.8 Å². The van der Waals surface area contributed by atoms with Crippen LogP contribution in [0.5, 0.6) is 0 Å². The van der Waals surface area contributed by atoms with Gasteiger partial charge in [0.25, 0.3) is 5.69 Å². The van der Waals surface area contributed by atoms with E-state index < -0.39 is 0 Å². The molecular weight excluding hydrogens is 340 g/mol. The van der Waals surface area contributed by atoms with Crippen LogP contribution in [0.1, 0.15) is 5.56 Å². The first-order valence-electron chi connectivity index (χ1n) is 7.65. The number of nitro benzene ring substituents is 1. The normalized spacial score (nSPS) is 10.7. The number of nitrogens with one attached hydrogen (secondary N) is 1. The van der Waals surface area contributed by atoms with E-state index in [1.165, 1.54) is 6.07 Å². The summed E-state index contributed by atoms with van der Waals surface area (Å²) >= 11 is 1.55. The molecule has 0 atom stereocenters. The Balaban J connectivity index is 1.48. The molecule has 0 aliphatic heterocycles. The molecule has 0 bridgehead atoms. The zero-order valence-corrected chi connectivity index (χ0v) is 14.1. The Morgan fingerprint density at radius 3 is 2.80 bits per heavy atom. The molecule has 1 N–H and O–H groups in total. The van der Waals surface area contributed by atoms with E-state index >= 15 is 0 Å². The zero-order chi connectivity index (χ0) is 17.5. The molecule has 0 unspecified atom stereocenters. The maximum atomic E-state index is 10.8. The molecule has 128 valence electrons. The predicted molar refractivity (Wildman–Crippen MR) is 94.7 cm³/mol. The van der Waals surface area contributed by atoms with Crippen molar-refractivity contribution in [2.75, 3.05) is 12.3 Å². The summed E-state index contributed by atoms with van der Waals surface area (Å²) in [5.41, 5.74) is 1.91. The average Bonchev–Trinajstić information content (AvgIpc) is 3.11. The molecule has 9 heteroatoms. The van der Waals surface area contributed by atoms with Crippen LogP contribution in [0.3, 0.4) is 0 Å². The van der Waals surface area contributed by atoms with Gasteiger partial charge in [0.1, 0.15) is 0 Å². The number of non-ortho nitro benzene ring substituents is 1. The van der Waals surface area contributed by atoms with Crippen LogP contribution in [0, 0.1) is 10.1 Å². The van der Waals surface area contributed by atoms with Crippen molar-refractivity contribution in [2.24, 2.45) is 0 Å². The Labute approximate surface area is 148 Å². The molecule has 0 radical (unpaired) electrons. The van der Waals surface area contributed by atoms with Gasteiger partial charge in [-0.15, -0.1) is 5.10 Å². The first-order chi connectivity index (χ1) is 12.2. The van der Waals surface area contributed by atoms with Gasteiger partial charge in [-0.05, 0) is 28.1 Å². The SMILES string of the molecule is O=[N+]([O-])c1cccc(CNCCSc2nnnn2-c2ccccc2)c1. The van der Waals surface area contributed by atoms with Gasteiger partial charge in [0, 0.05) is 31.0 Å². The molecule has 0 amide bonds. The van der Waals surface area contributed by atoms with E-state index in [0.717, 1.165) is 28.7 Å². The van der Waals surface area contributed by atoms with E-state index in [1.807, 2.05) is 36.4 Å². The minimum atomic E-state index is -0.386. The number of nitro groups is 1. The molecule has 0 fully saturated rings. The number of benzene rings is 2. The summed E-state index contributed by atoms with van der Waals surface area (Å²) in [5.74, 6) is 0.780. The lowest BCUT2D eigenvalue weighted by Gasteiger charge is -2.06. The van der Waals surface area contributed by atoms with E-state index in [1.54, 1.807) is 28.6 Å². The van der Waals surface area contributed by atoms with Crippen molar-refractivity contribution in [3.05, 3.63) is 70.3 Å². The van der Waals surface area contributed by atoms with Gasteiger partial charge in [-0.3, -0.25) is 10.1 Å². The van der Waals surface area contributed by atoms with Gasteiger partial charge < -0.3 is 5.32 Å². The van der Waals surface area contributed by atoms with Crippen LogP contribution in [-0.4, -0.2) is 37.4 Å². The van der Waals surface area contributed by atoms with Crippen LogP contribution < -0.4 is 5.32 Å². The molecule has 1 heterocycles. The third-order valence-electron chi connectivity index (χ3n) is 3.40. The highest BCUT2D eigenvalue weighted by Crippen LogP contribution is 2.17. The van der Waals surface area contributed by atoms with Crippen molar-refractivity contribution in [1.29, 1.82) is 0 Å². The molecule has 8 nitrogen and oxygen atoms in total. The van der Waals surface area contributed by atoms with Gasteiger partial charge in [-0.25, -0.2) is 0 Å². The number of hydrogen-bond donors (Lipinski definition) is 1. The zero-order valence-electron chi connectivity index (χ0n) is 13.3. The van der Waals surface area contributed by atoms with Gasteiger partial charge in [0.2, 0.25) is 5.16 Å². The second-order valence-electron chi connectivity index (χ2n) is 5.16. The summed E-state index contributed by atoms with van der Waals surface area (Å²) < 4.78 is 1.70. The lowest BCUT2D eigenvalue weighted by atomic mass is 10.2. The summed E-state index contributed by atoms with van der Waals surface area (Å²) in [7, 11) is 0. The van der Waals surface area contributed by atoms with E-state index in [9.17, 15) is 10.1 Å². The van der Waals surface area contributed by atoms with Crippen LogP contribution in [0.4, 0.5) is 5.69 Å². The van der Waals surface area contributed by atoms with Crippen LogP contribution >= 0.6 is 11.8 Å². The molecule has 0 aliphatic carbocycles. The number of tetrazole rings is 1. The minimum Gasteiger partial charge on any atom is -0.312 e. The predicted octanol–water partition coefficient (Wildman–Crippen LogP) is 2.45. The molecule has 0 aliphatic rings. The average molecular weight is 356 g/mol. The Hall–Kier alpha value is -2.78. The molecular formula is C16H16N6O2S. The number of nitrogens with zero attached hydrogens (tertiary/aromatic N) is 5. The number of para-hydroxylation sites is 1. The van der Waals surface area contributed by atoms with Crippen molar-refractivity contribution in [2.45, 2.75) is 11.7 Å². The highest BCUT2D eigenvalue weighted by molar-refractivity contribution is 7.99. The fourth-order valence-electron chi connectivity index (χ4n) is 2.23. The monoisotopic (exact) mass is 356 g/mol. The Bertz CT molecular complexity index is 839. The fourth-order valence-corrected chi connectivity index (χ4v) is 3.01. The number of aromatic nitrogens is 4. The van der Waals surface area contributed by atoms with Gasteiger partial charge in [-0.1, -0.05) is 42.1 Å². The quantitative estimate of drug-likeness (QED) is 0.286. The molecule has 3 rings (SSSR count). The third kappa shape index (κ3) is 4.61. The van der Waals surface area contributed by atoms with Crippen LogP contribution in [0.2, 0.25) is 0 Å². The summed E-state index contributed by atoms with van der Waals surface area (Å²) in [6, 6.07) is 16.3. The largest absolute Gasteiger partial charge is 0.312 e. The molecule has 0 saturated carbocycles. The second-order valence-corrected chi connectivity index (χ2v) is 6.22. The van der Waals surface area contributed by atoms with Gasteiger partial charge in [-0.2, -0.15) is 4.68 Å².